The number of methoxy groups -OCH3 is 1. The number of carbonyl (C=O) groups is 1. The van der Waals surface area contributed by atoms with Gasteiger partial charge in [-0.3, -0.25) is 0 Å². The smallest absolute Gasteiger partial charge is 0.357 e. The maximum absolute atomic E-state index is 13.0. The fraction of sp³-hybridized carbons (Fsp3) is 0.250. The molecule has 0 amide bonds. The fourth-order valence-corrected chi connectivity index (χ4v) is 1.75. The van der Waals surface area contributed by atoms with Crippen LogP contribution < -0.4 is 0 Å². The lowest BCUT2D eigenvalue weighted by atomic mass is 10.2. The second-order valence-electron chi connectivity index (χ2n) is 2.39. The van der Waals surface area contributed by atoms with E-state index in [0.717, 1.165) is 0 Å². The van der Waals surface area contributed by atoms with Crippen LogP contribution in [0.15, 0.2) is 10.7 Å². The van der Waals surface area contributed by atoms with E-state index in [0.29, 0.717) is 9.99 Å². The molecule has 0 unspecified atom stereocenters. The van der Waals surface area contributed by atoms with Gasteiger partial charge in [0.05, 0.1) is 7.11 Å². The minimum absolute atomic E-state index is 0.0199. The van der Waals surface area contributed by atoms with Crippen LogP contribution in [0.4, 0.5) is 4.39 Å². The zero-order valence-electron chi connectivity index (χ0n) is 7.18. The lowest BCUT2D eigenvalue weighted by Crippen LogP contribution is -2.09. The van der Waals surface area contributed by atoms with Gasteiger partial charge < -0.3 is 4.74 Å². The first kappa shape index (κ1) is 11.8. The highest BCUT2D eigenvalue weighted by molar-refractivity contribution is 14.1. The Bertz CT molecular complexity index is 373. The summed E-state index contributed by atoms with van der Waals surface area (Å²) in [4.78, 5) is 15.0. The van der Waals surface area contributed by atoms with Gasteiger partial charge in [0.25, 0.3) is 0 Å². The monoisotopic (exact) mass is 373 g/mol. The SMILES string of the molecule is COC(=O)c1nc(Br)c(F)cc1CI. The summed E-state index contributed by atoms with van der Waals surface area (Å²) in [5.74, 6) is -1.04. The van der Waals surface area contributed by atoms with Crippen molar-refractivity contribution >= 4 is 44.5 Å². The Labute approximate surface area is 102 Å². The van der Waals surface area contributed by atoms with E-state index in [-0.39, 0.29) is 10.3 Å². The summed E-state index contributed by atoms with van der Waals surface area (Å²) in [6.07, 6.45) is 0. The Hall–Kier alpha value is -0.240. The van der Waals surface area contributed by atoms with E-state index < -0.39 is 11.8 Å². The molecule has 0 aliphatic rings. The number of aromatic nitrogens is 1. The third-order valence-corrected chi connectivity index (χ3v) is 2.91. The summed E-state index contributed by atoms with van der Waals surface area (Å²) in [6, 6.07) is 1.27. The molecule has 0 atom stereocenters. The molecule has 76 valence electrons. The molecule has 3 nitrogen and oxygen atoms in total. The van der Waals surface area contributed by atoms with Crippen molar-refractivity contribution in [3.8, 4) is 0 Å². The molecule has 0 saturated carbocycles. The Morgan fingerprint density at radius 3 is 2.93 bits per heavy atom. The van der Waals surface area contributed by atoms with Crippen molar-refractivity contribution in [2.75, 3.05) is 7.11 Å². The van der Waals surface area contributed by atoms with Crippen molar-refractivity contribution in [2.24, 2.45) is 0 Å². The number of hydrogen-bond acceptors (Lipinski definition) is 3. The summed E-state index contributed by atoms with van der Waals surface area (Å²) >= 11 is 4.94. The van der Waals surface area contributed by atoms with E-state index in [1.807, 2.05) is 22.6 Å². The van der Waals surface area contributed by atoms with Gasteiger partial charge in [-0.1, -0.05) is 22.6 Å². The molecule has 0 aromatic carbocycles. The predicted molar refractivity (Wildman–Crippen MR) is 61.0 cm³/mol. The van der Waals surface area contributed by atoms with Gasteiger partial charge in [0.1, 0.15) is 4.60 Å². The number of rotatable bonds is 2. The topological polar surface area (TPSA) is 39.2 Å². The molecule has 0 bridgehead atoms. The molecular weight excluding hydrogens is 368 g/mol. The van der Waals surface area contributed by atoms with Gasteiger partial charge in [-0.25, -0.2) is 14.2 Å². The van der Waals surface area contributed by atoms with Crippen molar-refractivity contribution in [1.29, 1.82) is 0 Å². The molecule has 0 fully saturated rings. The summed E-state index contributed by atoms with van der Waals surface area (Å²) in [6.45, 7) is 0. The quantitative estimate of drug-likeness (QED) is 0.346. The maximum atomic E-state index is 13.0. The summed E-state index contributed by atoms with van der Waals surface area (Å²) < 4.78 is 18.1. The molecule has 0 spiro atoms. The lowest BCUT2D eigenvalue weighted by Gasteiger charge is -2.05. The van der Waals surface area contributed by atoms with Gasteiger partial charge in [0, 0.05) is 4.43 Å². The molecule has 14 heavy (non-hydrogen) atoms. The number of ether oxygens (including phenoxy) is 1. The third kappa shape index (κ3) is 2.41. The number of nitrogens with zero attached hydrogens (tertiary/aromatic N) is 1. The molecule has 0 aliphatic carbocycles. The van der Waals surface area contributed by atoms with Crippen molar-refractivity contribution in [3.63, 3.8) is 0 Å². The molecule has 1 rings (SSSR count). The highest BCUT2D eigenvalue weighted by Crippen LogP contribution is 2.19. The van der Waals surface area contributed by atoms with Crippen molar-refractivity contribution in [1.82, 2.24) is 4.98 Å². The van der Waals surface area contributed by atoms with Gasteiger partial charge in [0.15, 0.2) is 11.5 Å². The summed E-state index contributed by atoms with van der Waals surface area (Å²) in [5, 5.41) is 0. The minimum Gasteiger partial charge on any atom is -0.464 e. The average molecular weight is 374 g/mol. The highest BCUT2D eigenvalue weighted by Gasteiger charge is 2.16. The molecule has 1 aromatic rings. The van der Waals surface area contributed by atoms with Crippen LogP contribution in [-0.2, 0) is 9.16 Å². The van der Waals surface area contributed by atoms with Gasteiger partial charge in [-0.15, -0.1) is 0 Å². The number of halogens is 3. The second-order valence-corrected chi connectivity index (χ2v) is 3.91. The molecule has 0 N–H and O–H groups in total. The van der Waals surface area contributed by atoms with Crippen LogP contribution in [0.2, 0.25) is 0 Å². The largest absolute Gasteiger partial charge is 0.464 e. The Morgan fingerprint density at radius 1 is 1.79 bits per heavy atom. The third-order valence-electron chi connectivity index (χ3n) is 1.53. The van der Waals surface area contributed by atoms with Crippen molar-refractivity contribution < 1.29 is 13.9 Å². The zero-order valence-corrected chi connectivity index (χ0v) is 10.9. The zero-order chi connectivity index (χ0) is 10.7. The molecular formula is C8H6BrFINO2. The number of alkyl halides is 1. The molecule has 0 radical (unpaired) electrons. The van der Waals surface area contributed by atoms with Gasteiger partial charge >= 0.3 is 5.97 Å². The maximum Gasteiger partial charge on any atom is 0.357 e. The summed E-state index contributed by atoms with van der Waals surface area (Å²) in [5.41, 5.74) is 0.674. The van der Waals surface area contributed by atoms with Crippen molar-refractivity contribution in [3.05, 3.63) is 27.7 Å². The molecule has 0 saturated heterocycles. The fourth-order valence-electron chi connectivity index (χ4n) is 0.880. The standard InChI is InChI=1S/C8H6BrFINO2/c1-14-8(13)6-4(3-11)2-5(10)7(9)12-6/h2H,3H2,1H3. The average Bonchev–Trinajstić information content (AvgIpc) is 2.20. The first-order valence-electron chi connectivity index (χ1n) is 3.59. The molecule has 0 aliphatic heterocycles. The molecule has 1 heterocycles. The second kappa shape index (κ2) is 5.01. The predicted octanol–water partition coefficient (Wildman–Crippen LogP) is 2.70. The van der Waals surface area contributed by atoms with E-state index in [9.17, 15) is 9.18 Å². The minimum atomic E-state index is -0.558. The molecule has 1 aromatic heterocycles. The number of pyridine rings is 1. The number of carbonyl (C=O) groups excluding carboxylic acids is 1. The lowest BCUT2D eigenvalue weighted by molar-refractivity contribution is 0.0592. The van der Waals surface area contributed by atoms with Crippen LogP contribution in [-0.4, -0.2) is 18.1 Å². The van der Waals surface area contributed by atoms with E-state index >= 15 is 0 Å². The van der Waals surface area contributed by atoms with Gasteiger partial charge in [0.2, 0.25) is 0 Å². The summed E-state index contributed by atoms with van der Waals surface area (Å²) in [7, 11) is 1.26. The van der Waals surface area contributed by atoms with Crippen molar-refractivity contribution in [2.45, 2.75) is 4.43 Å². The first-order valence-corrected chi connectivity index (χ1v) is 5.91. The highest BCUT2D eigenvalue weighted by atomic mass is 127. The Kier molecular flexibility index (Phi) is 4.24. The molecule has 6 heteroatoms. The van der Waals surface area contributed by atoms with Crippen LogP contribution in [0.25, 0.3) is 0 Å². The van der Waals surface area contributed by atoms with Crippen LogP contribution in [0.5, 0.6) is 0 Å². The van der Waals surface area contributed by atoms with Crippen LogP contribution >= 0.6 is 38.5 Å². The van der Waals surface area contributed by atoms with E-state index in [1.165, 1.54) is 13.2 Å². The van der Waals surface area contributed by atoms with Gasteiger partial charge in [-0.2, -0.15) is 0 Å². The van der Waals surface area contributed by atoms with Gasteiger partial charge in [-0.05, 0) is 27.6 Å². The van der Waals surface area contributed by atoms with E-state index in [4.69, 9.17) is 0 Å². The normalized spacial score (nSPS) is 10.0. The van der Waals surface area contributed by atoms with Crippen LogP contribution in [0.3, 0.4) is 0 Å². The van der Waals surface area contributed by atoms with E-state index in [2.05, 4.69) is 25.7 Å². The van der Waals surface area contributed by atoms with Crippen LogP contribution in [0, 0.1) is 5.82 Å². The van der Waals surface area contributed by atoms with E-state index in [1.54, 1.807) is 0 Å². The van der Waals surface area contributed by atoms with Crippen LogP contribution in [0.1, 0.15) is 16.1 Å². The number of hydrogen-bond donors (Lipinski definition) is 0. The first-order chi connectivity index (χ1) is 6.60. The number of esters is 1. The Balaban J connectivity index is 3.27. The Morgan fingerprint density at radius 2 is 2.43 bits per heavy atom.